The molecule has 0 radical (unpaired) electrons. The third-order valence-corrected chi connectivity index (χ3v) is 7.46. The van der Waals surface area contributed by atoms with E-state index in [4.69, 9.17) is 14.9 Å². The molecule has 4 aliphatic rings. The molecule has 9 heteroatoms. The molecule has 1 amide bonds. The normalized spacial score (nSPS) is 26.8. The summed E-state index contributed by atoms with van der Waals surface area (Å²) in [5, 5.41) is 10.6. The number of aromatic nitrogens is 2. The number of nitrogens with one attached hydrogen (secondary N) is 1. The minimum absolute atomic E-state index is 0.000638. The highest BCUT2D eigenvalue weighted by molar-refractivity contribution is 5.95. The molecule has 2 N–H and O–H groups in total. The molecule has 0 spiro atoms. The summed E-state index contributed by atoms with van der Waals surface area (Å²) in [6.45, 7) is 0. The number of aliphatic carboxylic acids is 1. The van der Waals surface area contributed by atoms with Crippen LogP contribution in [0.5, 0.6) is 0 Å². The molecule has 1 aromatic carbocycles. The Bertz CT molecular complexity index is 1220. The number of carbonyl (C=O) groups is 2. The van der Waals surface area contributed by atoms with Gasteiger partial charge in [-0.1, -0.05) is 36.4 Å². The lowest BCUT2D eigenvalue weighted by Crippen LogP contribution is -2.60. The fourth-order valence-electron chi connectivity index (χ4n) is 6.57. The van der Waals surface area contributed by atoms with Crippen LogP contribution in [0, 0.1) is 17.8 Å². The Hall–Kier alpha value is -3.36. The molecule has 0 unspecified atom stereocenters. The average molecular weight is 486 g/mol. The summed E-state index contributed by atoms with van der Waals surface area (Å²) < 4.78 is 33.7. The van der Waals surface area contributed by atoms with Crippen LogP contribution in [0.1, 0.15) is 49.1 Å². The molecule has 184 valence electrons. The van der Waals surface area contributed by atoms with E-state index >= 15 is 0 Å². The van der Waals surface area contributed by atoms with Crippen molar-refractivity contribution >= 4 is 17.4 Å². The van der Waals surface area contributed by atoms with Crippen molar-refractivity contribution in [1.29, 1.82) is 0 Å². The van der Waals surface area contributed by atoms with E-state index < -0.39 is 12.1 Å². The van der Waals surface area contributed by atoms with Crippen molar-refractivity contribution in [3.8, 4) is 11.3 Å². The number of amides is 1. The Kier molecular flexibility index (Phi) is 5.81. The number of carboxylic acid groups (broad SMARTS) is 1. The number of hydrogen-bond donors (Lipinski definition) is 2. The number of rotatable bonds is 3. The van der Waals surface area contributed by atoms with Gasteiger partial charge in [0.2, 0.25) is 5.82 Å². The fraction of sp³-hybridized carbons (Fsp3) is 0.423. The van der Waals surface area contributed by atoms with Crippen molar-refractivity contribution in [3.63, 3.8) is 0 Å². The molecule has 0 aliphatic heterocycles. The smallest absolute Gasteiger partial charge is 0.475 e. The number of nitrogens with zero attached hydrogens (tertiary/aromatic N) is 2. The lowest BCUT2D eigenvalue weighted by atomic mass is 9.53. The first-order valence-electron chi connectivity index (χ1n) is 11.8. The van der Waals surface area contributed by atoms with Gasteiger partial charge in [-0.15, -0.1) is 0 Å². The Labute approximate surface area is 200 Å². The van der Waals surface area contributed by atoms with E-state index in [-0.39, 0.29) is 11.4 Å². The minimum atomic E-state index is -5.08. The van der Waals surface area contributed by atoms with Crippen LogP contribution in [0.15, 0.2) is 54.7 Å². The standard InChI is InChI=1S/C24H25N3O.C2HF3O2/c28-23(26-24-13-16-10-17(14-24)12-18(11-16)15-24)22-25-21(19-6-2-1-3-7-19)20-8-4-5-9-27(20)22;3-2(4,5)1(6)7/h1-9,16-18H,10-15H2,(H,26,28);(H,6,7). The number of benzene rings is 1. The van der Waals surface area contributed by atoms with Crippen molar-refractivity contribution in [2.45, 2.75) is 50.2 Å². The van der Waals surface area contributed by atoms with Gasteiger partial charge in [0.25, 0.3) is 5.91 Å². The van der Waals surface area contributed by atoms with Crippen LogP contribution in [0.25, 0.3) is 16.8 Å². The predicted octanol–water partition coefficient (Wildman–Crippen LogP) is 5.33. The highest BCUT2D eigenvalue weighted by atomic mass is 19.4. The van der Waals surface area contributed by atoms with Crippen molar-refractivity contribution < 1.29 is 27.9 Å². The topological polar surface area (TPSA) is 83.7 Å². The number of carboxylic acids is 1. The molecule has 4 fully saturated rings. The number of pyridine rings is 1. The fourth-order valence-corrected chi connectivity index (χ4v) is 6.57. The second-order valence-corrected chi connectivity index (χ2v) is 10.1. The van der Waals surface area contributed by atoms with E-state index in [1.165, 1.54) is 19.3 Å². The van der Waals surface area contributed by atoms with Crippen molar-refractivity contribution in [3.05, 3.63) is 60.6 Å². The number of alkyl halides is 3. The molecule has 3 aromatic rings. The summed E-state index contributed by atoms with van der Waals surface area (Å²) in [6, 6.07) is 16.1. The molecule has 2 heterocycles. The van der Waals surface area contributed by atoms with Crippen LogP contribution in [0.2, 0.25) is 0 Å². The minimum Gasteiger partial charge on any atom is -0.475 e. The highest BCUT2D eigenvalue weighted by Crippen LogP contribution is 2.55. The Morgan fingerprint density at radius 3 is 2.03 bits per heavy atom. The van der Waals surface area contributed by atoms with Gasteiger partial charge in [-0.2, -0.15) is 13.2 Å². The van der Waals surface area contributed by atoms with Crippen LogP contribution in [0.4, 0.5) is 13.2 Å². The molecule has 4 aliphatic carbocycles. The molecule has 6 nitrogen and oxygen atoms in total. The zero-order valence-electron chi connectivity index (χ0n) is 19.0. The van der Waals surface area contributed by atoms with E-state index in [2.05, 4.69) is 17.4 Å². The molecule has 4 bridgehead atoms. The van der Waals surface area contributed by atoms with Gasteiger partial charge in [-0.05, 0) is 68.4 Å². The maximum atomic E-state index is 13.4. The summed E-state index contributed by atoms with van der Waals surface area (Å²) in [4.78, 5) is 27.1. The van der Waals surface area contributed by atoms with Crippen LogP contribution in [0.3, 0.4) is 0 Å². The molecular weight excluding hydrogens is 459 g/mol. The second kappa shape index (κ2) is 8.70. The van der Waals surface area contributed by atoms with Gasteiger partial charge in [-0.3, -0.25) is 9.20 Å². The van der Waals surface area contributed by atoms with Crippen molar-refractivity contribution in [2.24, 2.45) is 17.8 Å². The monoisotopic (exact) mass is 485 g/mol. The molecule has 0 saturated heterocycles. The zero-order chi connectivity index (χ0) is 24.8. The molecule has 2 aromatic heterocycles. The maximum absolute atomic E-state index is 13.4. The number of hydrogen-bond acceptors (Lipinski definition) is 3. The number of carbonyl (C=O) groups excluding carboxylic acids is 1. The van der Waals surface area contributed by atoms with Gasteiger partial charge in [-0.25, -0.2) is 9.78 Å². The lowest BCUT2D eigenvalue weighted by molar-refractivity contribution is -0.192. The van der Waals surface area contributed by atoms with Gasteiger partial charge in [0.1, 0.15) is 0 Å². The molecule has 35 heavy (non-hydrogen) atoms. The lowest BCUT2D eigenvalue weighted by Gasteiger charge is -2.56. The third kappa shape index (κ3) is 4.63. The Balaban J connectivity index is 0.000000320. The van der Waals surface area contributed by atoms with Crippen LogP contribution in [-0.4, -0.2) is 38.1 Å². The first-order valence-corrected chi connectivity index (χ1v) is 11.8. The second-order valence-electron chi connectivity index (χ2n) is 10.1. The van der Waals surface area contributed by atoms with Crippen molar-refractivity contribution in [2.75, 3.05) is 0 Å². The summed E-state index contributed by atoms with van der Waals surface area (Å²) >= 11 is 0. The van der Waals surface area contributed by atoms with Gasteiger partial charge in [0.15, 0.2) is 0 Å². The number of halogens is 3. The van der Waals surface area contributed by atoms with Gasteiger partial charge in [0.05, 0.1) is 11.2 Å². The highest BCUT2D eigenvalue weighted by Gasteiger charge is 2.51. The van der Waals surface area contributed by atoms with Gasteiger partial charge in [0, 0.05) is 17.3 Å². The van der Waals surface area contributed by atoms with E-state index in [9.17, 15) is 18.0 Å². The third-order valence-electron chi connectivity index (χ3n) is 7.46. The SMILES string of the molecule is O=C(NC12CC3CC(CC(C3)C1)C2)c1nc(-c2ccccc2)c2ccccn12.O=C(O)C(F)(F)F. The van der Waals surface area contributed by atoms with Crippen molar-refractivity contribution in [1.82, 2.24) is 14.7 Å². The zero-order valence-corrected chi connectivity index (χ0v) is 19.0. The summed E-state index contributed by atoms with van der Waals surface area (Å²) in [7, 11) is 0. The largest absolute Gasteiger partial charge is 0.490 e. The van der Waals surface area contributed by atoms with E-state index in [1.807, 2.05) is 47.0 Å². The maximum Gasteiger partial charge on any atom is 0.490 e. The summed E-state index contributed by atoms with van der Waals surface area (Å²) in [5.74, 6) is 0.151. The first kappa shape index (κ1) is 23.4. The molecule has 4 saturated carbocycles. The Morgan fingerprint density at radius 2 is 1.49 bits per heavy atom. The van der Waals surface area contributed by atoms with Crippen LogP contribution >= 0.6 is 0 Å². The number of fused-ring (bicyclic) bond motifs is 1. The Morgan fingerprint density at radius 1 is 0.943 bits per heavy atom. The quantitative estimate of drug-likeness (QED) is 0.525. The first-order chi connectivity index (χ1) is 16.6. The van der Waals surface area contributed by atoms with Crippen LogP contribution in [-0.2, 0) is 4.79 Å². The summed E-state index contributed by atoms with van der Waals surface area (Å²) in [6.07, 6.45) is 4.45. The van der Waals surface area contributed by atoms with E-state index in [0.717, 1.165) is 53.8 Å². The summed E-state index contributed by atoms with van der Waals surface area (Å²) in [5.41, 5.74) is 2.89. The molecule has 7 rings (SSSR count). The average Bonchev–Trinajstić information content (AvgIpc) is 3.18. The molecule has 0 atom stereocenters. The van der Waals surface area contributed by atoms with E-state index in [0.29, 0.717) is 5.82 Å². The number of imidazole rings is 1. The van der Waals surface area contributed by atoms with Gasteiger partial charge >= 0.3 is 12.1 Å². The van der Waals surface area contributed by atoms with Crippen LogP contribution < -0.4 is 5.32 Å². The van der Waals surface area contributed by atoms with E-state index in [1.54, 1.807) is 0 Å². The van der Waals surface area contributed by atoms with Gasteiger partial charge < -0.3 is 10.4 Å². The molecular formula is C26H26F3N3O3. The predicted molar refractivity (Wildman–Crippen MR) is 123 cm³/mol.